The highest BCUT2D eigenvalue weighted by atomic mass is 32.1. The van der Waals surface area contributed by atoms with Crippen molar-refractivity contribution < 1.29 is 4.79 Å². The van der Waals surface area contributed by atoms with Gasteiger partial charge in [0.2, 0.25) is 0 Å². The first kappa shape index (κ1) is 20.1. The van der Waals surface area contributed by atoms with Gasteiger partial charge in [0.05, 0.1) is 21.8 Å². The molecule has 1 saturated heterocycles. The van der Waals surface area contributed by atoms with Crippen molar-refractivity contribution in [2.24, 2.45) is 0 Å². The topological polar surface area (TPSA) is 63.1 Å². The summed E-state index contributed by atoms with van der Waals surface area (Å²) in [5, 5.41) is 12.4. The molecule has 8 heteroatoms. The van der Waals surface area contributed by atoms with Crippen LogP contribution in [0, 0.1) is 0 Å². The summed E-state index contributed by atoms with van der Waals surface area (Å²) in [6.45, 7) is 3.10. The summed E-state index contributed by atoms with van der Waals surface area (Å²) in [5.74, 6) is -0.190. The van der Waals surface area contributed by atoms with Crippen LogP contribution in [0.1, 0.15) is 35.3 Å². The number of para-hydroxylation sites is 1. The number of thiophene rings is 1. The van der Waals surface area contributed by atoms with Crippen LogP contribution in [0.15, 0.2) is 59.4 Å². The van der Waals surface area contributed by atoms with Gasteiger partial charge in [-0.2, -0.15) is 5.10 Å². The lowest BCUT2D eigenvalue weighted by Gasteiger charge is -2.25. The maximum Gasteiger partial charge on any atom is 0.261 e. The monoisotopic (exact) mass is 449 g/mol. The lowest BCUT2D eigenvalue weighted by atomic mass is 10.1. The van der Waals surface area contributed by atoms with E-state index in [-0.39, 0.29) is 5.91 Å². The molecule has 3 aromatic heterocycles. The van der Waals surface area contributed by atoms with Crippen molar-refractivity contribution >= 4 is 33.7 Å². The molecule has 4 heterocycles. The molecule has 1 aromatic carbocycles. The molecule has 1 N–H and O–H groups in total. The van der Waals surface area contributed by atoms with Crippen LogP contribution in [0.5, 0.6) is 0 Å². The number of hydrogen-bond acceptors (Lipinski definition) is 6. The van der Waals surface area contributed by atoms with Crippen LogP contribution < -0.4 is 5.32 Å². The Bertz CT molecular complexity index is 1140. The highest BCUT2D eigenvalue weighted by Crippen LogP contribution is 2.29. The van der Waals surface area contributed by atoms with Gasteiger partial charge in [0.25, 0.3) is 5.91 Å². The molecular weight excluding hydrogens is 426 g/mol. The van der Waals surface area contributed by atoms with E-state index in [4.69, 9.17) is 5.10 Å². The first-order valence-electron chi connectivity index (χ1n) is 10.4. The van der Waals surface area contributed by atoms with Crippen LogP contribution in [-0.2, 0) is 6.54 Å². The Morgan fingerprint density at radius 1 is 1.03 bits per heavy atom. The highest BCUT2D eigenvalue weighted by molar-refractivity contribution is 7.14. The minimum atomic E-state index is -0.190. The molecule has 5 rings (SSSR count). The number of carbonyl (C=O) groups is 1. The molecule has 0 saturated carbocycles. The van der Waals surface area contributed by atoms with Crippen LogP contribution >= 0.6 is 22.7 Å². The summed E-state index contributed by atoms with van der Waals surface area (Å²) in [7, 11) is 0. The van der Waals surface area contributed by atoms with Gasteiger partial charge in [0.1, 0.15) is 5.69 Å². The summed E-state index contributed by atoms with van der Waals surface area (Å²) in [4.78, 5) is 21.2. The molecule has 0 radical (unpaired) electrons. The van der Waals surface area contributed by atoms with E-state index in [1.54, 1.807) is 22.2 Å². The third-order valence-electron chi connectivity index (χ3n) is 5.34. The van der Waals surface area contributed by atoms with Crippen LogP contribution in [0.3, 0.4) is 0 Å². The SMILES string of the molecule is O=C(Nc1nc(CN2CCCCC2)cs1)c1cn(-c2ccccc2)nc1-c1cccs1. The fraction of sp³-hybridized carbons (Fsp3) is 0.261. The van der Waals surface area contributed by atoms with E-state index in [2.05, 4.69) is 15.2 Å². The van der Waals surface area contributed by atoms with Crippen LogP contribution in [0.25, 0.3) is 16.3 Å². The van der Waals surface area contributed by atoms with Gasteiger partial charge in [0.15, 0.2) is 5.13 Å². The van der Waals surface area contributed by atoms with Gasteiger partial charge in [-0.1, -0.05) is 30.7 Å². The zero-order chi connectivity index (χ0) is 21.0. The number of nitrogens with zero attached hydrogens (tertiary/aromatic N) is 4. The second kappa shape index (κ2) is 9.13. The first-order valence-corrected chi connectivity index (χ1v) is 12.2. The Morgan fingerprint density at radius 3 is 2.65 bits per heavy atom. The van der Waals surface area contributed by atoms with Crippen molar-refractivity contribution in [1.29, 1.82) is 0 Å². The molecule has 1 aliphatic rings. The summed E-state index contributed by atoms with van der Waals surface area (Å²) >= 11 is 3.04. The Balaban J connectivity index is 1.37. The number of likely N-dealkylation sites (tertiary alicyclic amines) is 1. The third-order valence-corrected chi connectivity index (χ3v) is 7.02. The van der Waals surface area contributed by atoms with Crippen molar-refractivity contribution in [3.05, 3.63) is 70.7 Å². The number of hydrogen-bond donors (Lipinski definition) is 1. The number of piperidine rings is 1. The lowest BCUT2D eigenvalue weighted by molar-refractivity contribution is 0.102. The predicted octanol–water partition coefficient (Wildman–Crippen LogP) is 5.30. The number of anilines is 1. The highest BCUT2D eigenvalue weighted by Gasteiger charge is 2.21. The van der Waals surface area contributed by atoms with Gasteiger partial charge in [-0.25, -0.2) is 9.67 Å². The minimum Gasteiger partial charge on any atom is -0.298 e. The van der Waals surface area contributed by atoms with Crippen molar-refractivity contribution in [3.63, 3.8) is 0 Å². The van der Waals surface area contributed by atoms with Crippen molar-refractivity contribution in [3.8, 4) is 16.3 Å². The Morgan fingerprint density at radius 2 is 1.87 bits per heavy atom. The molecule has 0 bridgehead atoms. The molecule has 0 atom stereocenters. The summed E-state index contributed by atoms with van der Waals surface area (Å²) in [5.41, 5.74) is 3.15. The molecule has 1 aliphatic heterocycles. The van der Waals surface area contributed by atoms with Crippen LogP contribution in [0.2, 0.25) is 0 Å². The van der Waals surface area contributed by atoms with Gasteiger partial charge in [-0.05, 0) is 49.5 Å². The molecule has 6 nitrogen and oxygen atoms in total. The van der Waals surface area contributed by atoms with Gasteiger partial charge < -0.3 is 0 Å². The van der Waals surface area contributed by atoms with E-state index in [1.807, 2.05) is 53.2 Å². The van der Waals surface area contributed by atoms with Crippen LogP contribution in [-0.4, -0.2) is 38.7 Å². The van der Waals surface area contributed by atoms with E-state index in [9.17, 15) is 4.79 Å². The van der Waals surface area contributed by atoms with Crippen molar-refractivity contribution in [1.82, 2.24) is 19.7 Å². The molecular formula is C23H23N5OS2. The molecule has 0 aliphatic carbocycles. The van der Waals surface area contributed by atoms with E-state index >= 15 is 0 Å². The van der Waals surface area contributed by atoms with Gasteiger partial charge in [-0.3, -0.25) is 15.0 Å². The zero-order valence-electron chi connectivity index (χ0n) is 17.0. The normalized spacial score (nSPS) is 14.6. The standard InChI is InChI=1S/C23H23N5OS2/c29-22(25-23-24-17(16-31-23)14-27-11-5-2-6-12-27)19-15-28(18-8-3-1-4-9-18)26-21(19)20-10-7-13-30-20/h1,3-4,7-10,13,15-16H,2,5-6,11-12,14H2,(H,24,25,29). The Labute approximate surface area is 189 Å². The molecule has 0 spiro atoms. The fourth-order valence-electron chi connectivity index (χ4n) is 3.80. The number of amides is 1. The average molecular weight is 450 g/mol. The van der Waals surface area contributed by atoms with E-state index in [0.717, 1.165) is 35.9 Å². The molecule has 158 valence electrons. The second-order valence-corrected chi connectivity index (χ2v) is 9.39. The molecule has 0 unspecified atom stereocenters. The minimum absolute atomic E-state index is 0.190. The smallest absolute Gasteiger partial charge is 0.261 e. The molecule has 1 amide bonds. The quantitative estimate of drug-likeness (QED) is 0.434. The molecule has 4 aromatic rings. The number of nitrogens with one attached hydrogen (secondary N) is 1. The van der Waals surface area contributed by atoms with Crippen molar-refractivity contribution in [2.75, 3.05) is 18.4 Å². The van der Waals surface area contributed by atoms with Gasteiger partial charge >= 0.3 is 0 Å². The summed E-state index contributed by atoms with van der Waals surface area (Å²) < 4.78 is 1.76. The van der Waals surface area contributed by atoms with E-state index < -0.39 is 0 Å². The first-order chi connectivity index (χ1) is 15.3. The largest absolute Gasteiger partial charge is 0.298 e. The van der Waals surface area contributed by atoms with E-state index in [1.165, 1.54) is 30.6 Å². The van der Waals surface area contributed by atoms with Crippen molar-refractivity contribution in [2.45, 2.75) is 25.8 Å². The number of carbonyl (C=O) groups excluding carboxylic acids is 1. The molecule has 31 heavy (non-hydrogen) atoms. The second-order valence-electron chi connectivity index (χ2n) is 7.58. The van der Waals surface area contributed by atoms with Gasteiger partial charge in [-0.15, -0.1) is 22.7 Å². The zero-order valence-corrected chi connectivity index (χ0v) is 18.7. The predicted molar refractivity (Wildman–Crippen MR) is 126 cm³/mol. The van der Waals surface area contributed by atoms with Gasteiger partial charge in [0, 0.05) is 18.1 Å². The summed E-state index contributed by atoms with van der Waals surface area (Å²) in [6.07, 6.45) is 5.62. The number of aromatic nitrogens is 3. The fourth-order valence-corrected chi connectivity index (χ4v) is 5.22. The third kappa shape index (κ3) is 4.61. The maximum absolute atomic E-state index is 13.2. The number of rotatable bonds is 6. The molecule has 1 fully saturated rings. The number of thiazole rings is 1. The maximum atomic E-state index is 13.2. The van der Waals surface area contributed by atoms with E-state index in [0.29, 0.717) is 16.4 Å². The lowest BCUT2D eigenvalue weighted by Crippen LogP contribution is -2.29. The summed E-state index contributed by atoms with van der Waals surface area (Å²) in [6, 6.07) is 13.8. The Kier molecular flexibility index (Phi) is 5.93. The number of benzene rings is 1. The average Bonchev–Trinajstić information content (AvgIpc) is 3.56. The Hall–Kier alpha value is -2.81. The van der Waals surface area contributed by atoms with Crippen LogP contribution in [0.4, 0.5) is 5.13 Å².